The molecule has 2 aliphatic rings. The highest BCUT2D eigenvalue weighted by molar-refractivity contribution is 6.44. The van der Waals surface area contributed by atoms with Gasteiger partial charge in [-0.05, 0) is 18.9 Å². The fourth-order valence-corrected chi connectivity index (χ4v) is 2.80. The molecule has 2 amide bonds. The molecular weight excluding hydrogens is 292 g/mol. The van der Waals surface area contributed by atoms with Crippen LogP contribution in [0.3, 0.4) is 0 Å². The summed E-state index contributed by atoms with van der Waals surface area (Å²) in [5.74, 6) is -1.91. The van der Waals surface area contributed by atoms with Crippen molar-refractivity contribution < 1.29 is 18.4 Å². The van der Waals surface area contributed by atoms with Gasteiger partial charge in [0.1, 0.15) is 17.3 Å². The molecule has 0 saturated carbocycles. The summed E-state index contributed by atoms with van der Waals surface area (Å²) in [6, 6.07) is 2.01. The highest BCUT2D eigenvalue weighted by atomic mass is 19.1. The van der Waals surface area contributed by atoms with E-state index in [1.54, 1.807) is 0 Å². The Morgan fingerprint density at radius 3 is 2.73 bits per heavy atom. The SMILES string of the molecule is CN1N=C(C(=O)N2CCCc3c(F)cc(F)cc32)CCC1=O. The lowest BCUT2D eigenvalue weighted by Gasteiger charge is -2.31. The Balaban J connectivity index is 1.96. The lowest BCUT2D eigenvalue weighted by atomic mass is 9.99. The molecule has 1 aromatic rings. The molecule has 0 saturated heterocycles. The second-order valence-electron chi connectivity index (χ2n) is 5.41. The van der Waals surface area contributed by atoms with E-state index in [-0.39, 0.29) is 30.1 Å². The second kappa shape index (κ2) is 5.47. The molecule has 0 aromatic heterocycles. The van der Waals surface area contributed by atoms with Crippen molar-refractivity contribution in [1.82, 2.24) is 5.01 Å². The molecule has 22 heavy (non-hydrogen) atoms. The topological polar surface area (TPSA) is 53.0 Å². The van der Waals surface area contributed by atoms with Gasteiger partial charge in [-0.25, -0.2) is 13.8 Å². The number of halogens is 2. The molecule has 116 valence electrons. The lowest BCUT2D eigenvalue weighted by Crippen LogP contribution is -2.43. The van der Waals surface area contributed by atoms with Crippen LogP contribution in [0.5, 0.6) is 0 Å². The molecule has 3 rings (SSSR count). The third-order valence-electron chi connectivity index (χ3n) is 3.94. The monoisotopic (exact) mass is 307 g/mol. The molecule has 0 spiro atoms. The first-order chi connectivity index (χ1) is 10.5. The number of hydrogen-bond acceptors (Lipinski definition) is 3. The minimum atomic E-state index is -0.714. The average molecular weight is 307 g/mol. The van der Waals surface area contributed by atoms with Gasteiger partial charge >= 0.3 is 0 Å². The van der Waals surface area contributed by atoms with Gasteiger partial charge in [0.15, 0.2) is 0 Å². The quantitative estimate of drug-likeness (QED) is 0.795. The van der Waals surface area contributed by atoms with E-state index in [2.05, 4.69) is 5.10 Å². The highest BCUT2D eigenvalue weighted by Crippen LogP contribution is 2.31. The molecular formula is C15H15F2N3O2. The van der Waals surface area contributed by atoms with Crippen molar-refractivity contribution >= 4 is 23.2 Å². The van der Waals surface area contributed by atoms with E-state index < -0.39 is 17.5 Å². The maximum atomic E-state index is 13.9. The number of rotatable bonds is 1. The summed E-state index contributed by atoms with van der Waals surface area (Å²) < 4.78 is 27.3. The molecule has 0 unspecified atom stereocenters. The van der Waals surface area contributed by atoms with E-state index in [9.17, 15) is 18.4 Å². The Labute approximate surface area is 126 Å². The smallest absolute Gasteiger partial charge is 0.274 e. The van der Waals surface area contributed by atoms with Crippen molar-refractivity contribution in [2.24, 2.45) is 5.10 Å². The molecule has 0 atom stereocenters. The summed E-state index contributed by atoms with van der Waals surface area (Å²) in [6.45, 7) is 0.380. The van der Waals surface area contributed by atoms with Gasteiger partial charge in [0.25, 0.3) is 5.91 Å². The number of nitrogens with zero attached hydrogens (tertiary/aromatic N) is 3. The van der Waals surface area contributed by atoms with Gasteiger partial charge in [-0.2, -0.15) is 5.10 Å². The first-order valence-electron chi connectivity index (χ1n) is 7.11. The summed E-state index contributed by atoms with van der Waals surface area (Å²) in [4.78, 5) is 25.4. The van der Waals surface area contributed by atoms with E-state index in [0.29, 0.717) is 24.9 Å². The normalized spacial score (nSPS) is 18.1. The Morgan fingerprint density at radius 1 is 1.23 bits per heavy atom. The van der Waals surface area contributed by atoms with Crippen LogP contribution >= 0.6 is 0 Å². The summed E-state index contributed by atoms with van der Waals surface area (Å²) in [6.07, 6.45) is 1.52. The Bertz CT molecular complexity index is 688. The zero-order valence-corrected chi connectivity index (χ0v) is 12.1. The Kier molecular flexibility index (Phi) is 3.64. The van der Waals surface area contributed by atoms with Crippen LogP contribution < -0.4 is 4.90 Å². The van der Waals surface area contributed by atoms with Gasteiger partial charge in [-0.15, -0.1) is 0 Å². The van der Waals surface area contributed by atoms with Crippen LogP contribution in [0.25, 0.3) is 0 Å². The third-order valence-corrected chi connectivity index (χ3v) is 3.94. The molecule has 0 N–H and O–H groups in total. The van der Waals surface area contributed by atoms with E-state index in [1.165, 1.54) is 18.0 Å². The maximum Gasteiger partial charge on any atom is 0.274 e. The van der Waals surface area contributed by atoms with Crippen LogP contribution in [0.4, 0.5) is 14.5 Å². The number of amides is 2. The molecule has 7 heteroatoms. The average Bonchev–Trinajstić information content (AvgIpc) is 2.49. The molecule has 0 fully saturated rings. The van der Waals surface area contributed by atoms with Crippen LogP contribution in [0.2, 0.25) is 0 Å². The van der Waals surface area contributed by atoms with Crippen molar-refractivity contribution in [2.75, 3.05) is 18.5 Å². The molecule has 2 aliphatic heterocycles. The largest absolute Gasteiger partial charge is 0.307 e. The molecule has 2 heterocycles. The third kappa shape index (κ3) is 2.47. The molecule has 5 nitrogen and oxygen atoms in total. The number of hydrazone groups is 1. The summed E-state index contributed by atoms with van der Waals surface area (Å²) in [5, 5.41) is 5.11. The summed E-state index contributed by atoms with van der Waals surface area (Å²) >= 11 is 0. The predicted octanol–water partition coefficient (Wildman–Crippen LogP) is 1.85. The summed E-state index contributed by atoms with van der Waals surface area (Å²) in [5.41, 5.74) is 0.845. The fourth-order valence-electron chi connectivity index (χ4n) is 2.80. The second-order valence-corrected chi connectivity index (χ2v) is 5.41. The van der Waals surface area contributed by atoms with Crippen molar-refractivity contribution in [1.29, 1.82) is 0 Å². The van der Waals surface area contributed by atoms with Gasteiger partial charge < -0.3 is 4.90 Å². The number of anilines is 1. The van der Waals surface area contributed by atoms with E-state index in [0.717, 1.165) is 11.1 Å². The number of hydrogen-bond donors (Lipinski definition) is 0. The number of carbonyl (C=O) groups excluding carboxylic acids is 2. The zero-order chi connectivity index (χ0) is 15.9. The van der Waals surface area contributed by atoms with E-state index in [1.807, 2.05) is 0 Å². The van der Waals surface area contributed by atoms with Crippen molar-refractivity contribution in [3.63, 3.8) is 0 Å². The van der Waals surface area contributed by atoms with Gasteiger partial charge in [-0.3, -0.25) is 9.59 Å². The molecule has 0 aliphatic carbocycles. The predicted molar refractivity (Wildman–Crippen MR) is 76.5 cm³/mol. The highest BCUT2D eigenvalue weighted by Gasteiger charge is 2.30. The van der Waals surface area contributed by atoms with Crippen LogP contribution in [-0.2, 0) is 16.0 Å². The minimum absolute atomic E-state index is 0.160. The van der Waals surface area contributed by atoms with Crippen LogP contribution in [0.15, 0.2) is 17.2 Å². The van der Waals surface area contributed by atoms with E-state index >= 15 is 0 Å². The Hall–Kier alpha value is -2.31. The van der Waals surface area contributed by atoms with Crippen molar-refractivity contribution in [2.45, 2.75) is 25.7 Å². The van der Waals surface area contributed by atoms with Gasteiger partial charge in [-0.1, -0.05) is 0 Å². The van der Waals surface area contributed by atoms with Crippen molar-refractivity contribution in [3.8, 4) is 0 Å². The minimum Gasteiger partial charge on any atom is -0.307 e. The van der Waals surface area contributed by atoms with Gasteiger partial charge in [0.2, 0.25) is 5.91 Å². The molecule has 1 aromatic carbocycles. The van der Waals surface area contributed by atoms with Gasteiger partial charge in [0, 0.05) is 38.1 Å². The summed E-state index contributed by atoms with van der Waals surface area (Å²) in [7, 11) is 1.48. The molecule has 0 bridgehead atoms. The van der Waals surface area contributed by atoms with Crippen LogP contribution in [0, 0.1) is 11.6 Å². The Morgan fingerprint density at radius 2 is 2.00 bits per heavy atom. The lowest BCUT2D eigenvalue weighted by molar-refractivity contribution is -0.130. The zero-order valence-electron chi connectivity index (χ0n) is 12.1. The fraction of sp³-hybridized carbons (Fsp3) is 0.400. The van der Waals surface area contributed by atoms with Crippen LogP contribution in [0.1, 0.15) is 24.8 Å². The van der Waals surface area contributed by atoms with Gasteiger partial charge in [0.05, 0.1) is 5.69 Å². The first kappa shape index (κ1) is 14.6. The van der Waals surface area contributed by atoms with Crippen molar-refractivity contribution in [3.05, 3.63) is 29.3 Å². The number of benzene rings is 1. The number of carbonyl (C=O) groups is 2. The number of fused-ring (bicyclic) bond motifs is 1. The maximum absolute atomic E-state index is 13.9. The molecule has 0 radical (unpaired) electrons. The van der Waals surface area contributed by atoms with E-state index in [4.69, 9.17) is 0 Å². The van der Waals surface area contributed by atoms with Crippen LogP contribution in [-0.4, -0.2) is 36.1 Å². The standard InChI is InChI=1S/C15H15F2N3O2/c1-19-14(21)5-4-12(18-19)15(22)20-6-2-3-10-11(17)7-9(16)8-13(10)20/h7-8H,2-6H2,1H3. The first-order valence-corrected chi connectivity index (χ1v) is 7.11.